The number of amides is 1. The Balaban J connectivity index is 1.81. The van der Waals surface area contributed by atoms with Crippen molar-refractivity contribution in [3.63, 3.8) is 0 Å². The van der Waals surface area contributed by atoms with Gasteiger partial charge in [-0.2, -0.15) is 0 Å². The molecule has 0 radical (unpaired) electrons. The summed E-state index contributed by atoms with van der Waals surface area (Å²) in [6.45, 7) is 3.43. The third-order valence-corrected chi connectivity index (χ3v) is 5.64. The SMILES string of the molecule is CCCCn1c(N)c(N(Cc2ccccc2)C(=O)c2ccc3c(c2)OCCCO3)c(=O)[nH]c1=O. The molecule has 0 bridgehead atoms. The number of anilines is 2. The second kappa shape index (κ2) is 10.3. The number of rotatable bonds is 7. The van der Waals surface area contributed by atoms with Gasteiger partial charge in [0.2, 0.25) is 0 Å². The first-order chi connectivity index (χ1) is 16.5. The van der Waals surface area contributed by atoms with Crippen LogP contribution in [0.25, 0.3) is 0 Å². The van der Waals surface area contributed by atoms with E-state index >= 15 is 0 Å². The average Bonchev–Trinajstić information content (AvgIpc) is 3.08. The predicted molar refractivity (Wildman–Crippen MR) is 130 cm³/mol. The normalized spacial score (nSPS) is 12.7. The lowest BCUT2D eigenvalue weighted by Gasteiger charge is -2.25. The van der Waals surface area contributed by atoms with Crippen LogP contribution in [0.15, 0.2) is 58.1 Å². The summed E-state index contributed by atoms with van der Waals surface area (Å²) in [5.41, 5.74) is 6.08. The molecule has 1 amide bonds. The topological polar surface area (TPSA) is 120 Å². The summed E-state index contributed by atoms with van der Waals surface area (Å²) < 4.78 is 12.7. The molecule has 0 atom stereocenters. The van der Waals surface area contributed by atoms with E-state index in [1.54, 1.807) is 18.2 Å². The van der Waals surface area contributed by atoms with E-state index in [1.807, 2.05) is 37.3 Å². The van der Waals surface area contributed by atoms with Gasteiger partial charge < -0.3 is 15.2 Å². The number of nitrogen functional groups attached to an aromatic ring is 1. The summed E-state index contributed by atoms with van der Waals surface area (Å²) in [6, 6.07) is 14.2. The monoisotopic (exact) mass is 464 g/mol. The van der Waals surface area contributed by atoms with Crippen LogP contribution in [0.2, 0.25) is 0 Å². The van der Waals surface area contributed by atoms with E-state index in [0.717, 1.165) is 18.4 Å². The Kier molecular flexibility index (Phi) is 7.01. The molecule has 3 aromatic rings. The van der Waals surface area contributed by atoms with Crippen molar-refractivity contribution in [2.45, 2.75) is 39.3 Å². The fraction of sp³-hybridized carbons (Fsp3) is 0.320. The van der Waals surface area contributed by atoms with E-state index in [4.69, 9.17) is 15.2 Å². The van der Waals surface area contributed by atoms with Crippen molar-refractivity contribution in [3.8, 4) is 11.5 Å². The summed E-state index contributed by atoms with van der Waals surface area (Å²) in [7, 11) is 0. The molecule has 3 N–H and O–H groups in total. The number of carbonyl (C=O) groups excluding carboxylic acids is 1. The second-order valence-corrected chi connectivity index (χ2v) is 8.09. The highest BCUT2D eigenvalue weighted by atomic mass is 16.5. The standard InChI is InChI=1S/C25H28N4O5/c1-2-3-12-28-22(26)21(23(30)27-25(28)32)29(16-17-8-5-4-6-9-17)24(31)18-10-11-19-20(15-18)34-14-7-13-33-19/h4-6,8-11,15H,2-3,7,12-14,16,26H2,1H3,(H,27,30,32). The molecule has 4 rings (SSSR count). The number of aromatic nitrogens is 2. The molecular formula is C25H28N4O5. The lowest BCUT2D eigenvalue weighted by molar-refractivity contribution is 0.0984. The van der Waals surface area contributed by atoms with E-state index in [2.05, 4.69) is 4.98 Å². The fourth-order valence-corrected chi connectivity index (χ4v) is 3.85. The number of nitrogens with one attached hydrogen (secondary N) is 1. The molecule has 0 unspecified atom stereocenters. The summed E-state index contributed by atoms with van der Waals surface area (Å²) in [6.07, 6.45) is 2.28. The highest BCUT2D eigenvalue weighted by Crippen LogP contribution is 2.32. The minimum absolute atomic E-state index is 0.0409. The number of ether oxygens (including phenoxy) is 2. The zero-order valence-electron chi connectivity index (χ0n) is 19.1. The maximum atomic E-state index is 13.8. The maximum absolute atomic E-state index is 13.8. The Labute approximate surface area is 196 Å². The molecule has 0 aliphatic carbocycles. The van der Waals surface area contributed by atoms with Crippen molar-refractivity contribution in [3.05, 3.63) is 80.5 Å². The molecule has 2 aromatic carbocycles. The lowest BCUT2D eigenvalue weighted by Crippen LogP contribution is -2.41. The van der Waals surface area contributed by atoms with Crippen LogP contribution < -0.4 is 31.4 Å². The number of fused-ring (bicyclic) bond motifs is 1. The van der Waals surface area contributed by atoms with E-state index < -0.39 is 17.2 Å². The Morgan fingerprint density at radius 1 is 1.09 bits per heavy atom. The van der Waals surface area contributed by atoms with Crippen molar-refractivity contribution in [1.29, 1.82) is 0 Å². The van der Waals surface area contributed by atoms with Crippen molar-refractivity contribution in [2.24, 2.45) is 0 Å². The zero-order valence-corrected chi connectivity index (χ0v) is 19.1. The van der Waals surface area contributed by atoms with Gasteiger partial charge in [0.1, 0.15) is 5.82 Å². The number of aromatic amines is 1. The molecule has 1 aliphatic heterocycles. The van der Waals surface area contributed by atoms with Gasteiger partial charge >= 0.3 is 5.69 Å². The first kappa shape index (κ1) is 23.2. The van der Waals surface area contributed by atoms with Crippen molar-refractivity contribution < 1.29 is 14.3 Å². The van der Waals surface area contributed by atoms with Crippen molar-refractivity contribution >= 4 is 17.4 Å². The van der Waals surface area contributed by atoms with Crippen LogP contribution in [-0.4, -0.2) is 28.7 Å². The highest BCUT2D eigenvalue weighted by Gasteiger charge is 2.26. The van der Waals surface area contributed by atoms with Crippen LogP contribution in [0.4, 0.5) is 11.5 Å². The predicted octanol–water partition coefficient (Wildman–Crippen LogP) is 2.93. The highest BCUT2D eigenvalue weighted by molar-refractivity contribution is 6.07. The summed E-state index contributed by atoms with van der Waals surface area (Å²) in [5.74, 6) is 0.546. The van der Waals surface area contributed by atoms with Crippen molar-refractivity contribution in [2.75, 3.05) is 23.8 Å². The minimum Gasteiger partial charge on any atom is -0.490 e. The molecule has 9 nitrogen and oxygen atoms in total. The number of hydrogen-bond acceptors (Lipinski definition) is 6. The van der Waals surface area contributed by atoms with Crippen LogP contribution in [0.3, 0.4) is 0 Å². The van der Waals surface area contributed by atoms with Gasteiger partial charge in [-0.25, -0.2) is 4.79 Å². The third-order valence-electron chi connectivity index (χ3n) is 5.64. The van der Waals surface area contributed by atoms with Crippen LogP contribution >= 0.6 is 0 Å². The smallest absolute Gasteiger partial charge is 0.330 e. The average molecular weight is 465 g/mol. The number of nitrogens with two attached hydrogens (primary N) is 1. The number of unbranched alkanes of at least 4 members (excludes halogenated alkanes) is 1. The molecule has 9 heteroatoms. The zero-order chi connectivity index (χ0) is 24.1. The van der Waals surface area contributed by atoms with Gasteiger partial charge in [0.15, 0.2) is 17.2 Å². The molecule has 0 saturated heterocycles. The van der Waals surface area contributed by atoms with Gasteiger partial charge in [-0.15, -0.1) is 0 Å². The second-order valence-electron chi connectivity index (χ2n) is 8.09. The van der Waals surface area contributed by atoms with Crippen molar-refractivity contribution in [1.82, 2.24) is 9.55 Å². The van der Waals surface area contributed by atoms with Gasteiger partial charge in [-0.3, -0.25) is 24.0 Å². The van der Waals surface area contributed by atoms with Gasteiger partial charge in [-0.05, 0) is 30.2 Å². The lowest BCUT2D eigenvalue weighted by atomic mass is 10.1. The summed E-state index contributed by atoms with van der Waals surface area (Å²) >= 11 is 0. The van der Waals surface area contributed by atoms with E-state index in [0.29, 0.717) is 43.2 Å². The quantitative estimate of drug-likeness (QED) is 0.555. The van der Waals surface area contributed by atoms with E-state index in [9.17, 15) is 14.4 Å². The van der Waals surface area contributed by atoms with Gasteiger partial charge in [0.05, 0.1) is 19.8 Å². The first-order valence-corrected chi connectivity index (χ1v) is 11.4. The number of H-pyrrole nitrogens is 1. The molecule has 2 heterocycles. The Bertz CT molecular complexity index is 1280. The van der Waals surface area contributed by atoms with Gasteiger partial charge in [-0.1, -0.05) is 43.7 Å². The molecule has 0 fully saturated rings. The molecule has 34 heavy (non-hydrogen) atoms. The molecule has 1 aromatic heterocycles. The maximum Gasteiger partial charge on any atom is 0.330 e. The van der Waals surface area contributed by atoms with Crippen LogP contribution in [0, 0.1) is 0 Å². The number of hydrogen-bond donors (Lipinski definition) is 2. The third kappa shape index (κ3) is 4.83. The number of carbonyl (C=O) groups is 1. The van der Waals surface area contributed by atoms with Crippen LogP contribution in [0.5, 0.6) is 11.5 Å². The Morgan fingerprint density at radius 3 is 2.56 bits per heavy atom. The van der Waals surface area contributed by atoms with Crippen LogP contribution in [0.1, 0.15) is 42.1 Å². The van der Waals surface area contributed by atoms with Gasteiger partial charge in [0, 0.05) is 18.5 Å². The molecular weight excluding hydrogens is 436 g/mol. The molecule has 178 valence electrons. The van der Waals surface area contributed by atoms with E-state index in [1.165, 1.54) is 9.47 Å². The first-order valence-electron chi connectivity index (χ1n) is 11.4. The Morgan fingerprint density at radius 2 is 1.82 bits per heavy atom. The minimum atomic E-state index is -0.714. The largest absolute Gasteiger partial charge is 0.490 e. The van der Waals surface area contributed by atoms with Gasteiger partial charge in [0.25, 0.3) is 11.5 Å². The number of benzene rings is 2. The summed E-state index contributed by atoms with van der Waals surface area (Å²) in [5, 5.41) is 0. The van der Waals surface area contributed by atoms with E-state index in [-0.39, 0.29) is 18.1 Å². The van der Waals surface area contributed by atoms with Crippen LogP contribution in [-0.2, 0) is 13.1 Å². The fourth-order valence-electron chi connectivity index (χ4n) is 3.85. The molecule has 0 saturated carbocycles. The summed E-state index contributed by atoms with van der Waals surface area (Å²) in [4.78, 5) is 42.8. The number of nitrogens with zero attached hydrogens (tertiary/aromatic N) is 2. The molecule has 1 aliphatic rings. The molecule has 0 spiro atoms. The Hall–Kier alpha value is -4.01.